The Hall–Kier alpha value is -1.75. The van der Waals surface area contributed by atoms with Gasteiger partial charge in [0.25, 0.3) is 0 Å². The number of ether oxygens (including phenoxy) is 3. The van der Waals surface area contributed by atoms with E-state index in [1.807, 2.05) is 0 Å². The SMILES string of the molecule is CNCC(=O)c1cc2c(cc1OC)OCO2. The van der Waals surface area contributed by atoms with E-state index in [2.05, 4.69) is 5.32 Å². The highest BCUT2D eigenvalue weighted by Crippen LogP contribution is 2.38. The van der Waals surface area contributed by atoms with Gasteiger partial charge < -0.3 is 19.5 Å². The van der Waals surface area contributed by atoms with Crippen molar-refractivity contribution in [2.24, 2.45) is 0 Å². The third kappa shape index (κ3) is 1.81. The molecule has 16 heavy (non-hydrogen) atoms. The Balaban J connectivity index is 2.39. The summed E-state index contributed by atoms with van der Waals surface area (Å²) >= 11 is 0. The Labute approximate surface area is 93.3 Å². The third-order valence-corrected chi connectivity index (χ3v) is 2.33. The van der Waals surface area contributed by atoms with Gasteiger partial charge in [-0.2, -0.15) is 0 Å². The number of Topliss-reactive ketones (excluding diaryl/α,β-unsaturated/α-hetero) is 1. The largest absolute Gasteiger partial charge is 0.496 e. The standard InChI is InChI=1S/C11H13NO4/c1-12-5-8(13)7-3-10-11(16-6-15-10)4-9(7)14-2/h3-4,12H,5-6H2,1-2H3. The van der Waals surface area contributed by atoms with Gasteiger partial charge in [0.15, 0.2) is 17.3 Å². The minimum absolute atomic E-state index is 0.0438. The maximum Gasteiger partial charge on any atom is 0.231 e. The number of nitrogens with one attached hydrogen (secondary N) is 1. The van der Waals surface area contributed by atoms with Crippen molar-refractivity contribution >= 4 is 5.78 Å². The van der Waals surface area contributed by atoms with Gasteiger partial charge in [-0.15, -0.1) is 0 Å². The molecule has 0 spiro atoms. The molecule has 1 aromatic rings. The molecule has 1 heterocycles. The molecule has 0 aliphatic carbocycles. The van der Waals surface area contributed by atoms with E-state index in [0.29, 0.717) is 22.8 Å². The van der Waals surface area contributed by atoms with Crippen LogP contribution in [-0.2, 0) is 0 Å². The average Bonchev–Trinajstić information content (AvgIpc) is 2.74. The molecule has 0 saturated carbocycles. The zero-order valence-electron chi connectivity index (χ0n) is 9.20. The number of hydrogen-bond donors (Lipinski definition) is 1. The van der Waals surface area contributed by atoms with Crippen LogP contribution in [0.1, 0.15) is 10.4 Å². The Morgan fingerprint density at radius 3 is 2.75 bits per heavy atom. The molecule has 0 unspecified atom stereocenters. The van der Waals surface area contributed by atoms with Crippen LogP contribution < -0.4 is 19.5 Å². The number of carbonyl (C=O) groups is 1. The molecule has 5 nitrogen and oxygen atoms in total. The van der Waals surface area contributed by atoms with Gasteiger partial charge in [-0.1, -0.05) is 0 Å². The van der Waals surface area contributed by atoms with E-state index in [4.69, 9.17) is 14.2 Å². The monoisotopic (exact) mass is 223 g/mol. The summed E-state index contributed by atoms with van der Waals surface area (Å²) in [7, 11) is 3.24. The summed E-state index contributed by atoms with van der Waals surface area (Å²) in [6.07, 6.45) is 0. The molecule has 86 valence electrons. The fourth-order valence-corrected chi connectivity index (χ4v) is 1.57. The number of hydrogen-bond acceptors (Lipinski definition) is 5. The zero-order chi connectivity index (χ0) is 11.5. The number of rotatable bonds is 4. The van der Waals surface area contributed by atoms with Gasteiger partial charge in [0.2, 0.25) is 6.79 Å². The second kappa shape index (κ2) is 4.40. The van der Waals surface area contributed by atoms with Crippen LogP contribution in [0.15, 0.2) is 12.1 Å². The number of fused-ring (bicyclic) bond motifs is 1. The fourth-order valence-electron chi connectivity index (χ4n) is 1.57. The summed E-state index contributed by atoms with van der Waals surface area (Å²) < 4.78 is 15.6. The molecular formula is C11H13NO4. The van der Waals surface area contributed by atoms with Gasteiger partial charge in [-0.05, 0) is 13.1 Å². The fraction of sp³-hybridized carbons (Fsp3) is 0.364. The Bertz CT molecular complexity index is 417. The van der Waals surface area contributed by atoms with Crippen LogP contribution in [-0.4, -0.2) is 33.3 Å². The van der Waals surface area contributed by atoms with E-state index in [9.17, 15) is 4.79 Å². The van der Waals surface area contributed by atoms with Crippen molar-refractivity contribution in [1.29, 1.82) is 0 Å². The van der Waals surface area contributed by atoms with Crippen molar-refractivity contribution in [3.8, 4) is 17.2 Å². The van der Waals surface area contributed by atoms with Crippen LogP contribution in [0.5, 0.6) is 17.2 Å². The van der Waals surface area contributed by atoms with Crippen LogP contribution in [0.2, 0.25) is 0 Å². The highest BCUT2D eigenvalue weighted by Gasteiger charge is 2.20. The molecule has 2 rings (SSSR count). The summed E-state index contributed by atoms with van der Waals surface area (Å²) in [5, 5.41) is 2.81. The van der Waals surface area contributed by atoms with Crippen molar-refractivity contribution in [1.82, 2.24) is 5.32 Å². The zero-order valence-corrected chi connectivity index (χ0v) is 9.20. The van der Waals surface area contributed by atoms with E-state index in [1.54, 1.807) is 19.2 Å². The van der Waals surface area contributed by atoms with Crippen molar-refractivity contribution in [3.05, 3.63) is 17.7 Å². The van der Waals surface area contributed by atoms with Crippen molar-refractivity contribution < 1.29 is 19.0 Å². The normalized spacial score (nSPS) is 12.6. The molecule has 0 atom stereocenters. The third-order valence-electron chi connectivity index (χ3n) is 2.33. The number of methoxy groups -OCH3 is 1. The second-order valence-corrected chi connectivity index (χ2v) is 3.36. The molecule has 0 radical (unpaired) electrons. The Kier molecular flexibility index (Phi) is 2.96. The summed E-state index contributed by atoms with van der Waals surface area (Å²) in [5.74, 6) is 1.65. The molecule has 1 aliphatic rings. The van der Waals surface area contributed by atoms with Gasteiger partial charge in [0, 0.05) is 6.07 Å². The topological polar surface area (TPSA) is 56.8 Å². The molecule has 0 bridgehead atoms. The van der Waals surface area contributed by atoms with Crippen LogP contribution in [0.4, 0.5) is 0 Å². The van der Waals surface area contributed by atoms with Crippen molar-refractivity contribution in [3.63, 3.8) is 0 Å². The van der Waals surface area contributed by atoms with E-state index >= 15 is 0 Å². The maximum absolute atomic E-state index is 11.8. The molecule has 0 amide bonds. The molecule has 5 heteroatoms. The molecule has 1 aromatic carbocycles. The molecule has 0 saturated heterocycles. The van der Waals surface area contributed by atoms with Crippen LogP contribution in [0.25, 0.3) is 0 Å². The van der Waals surface area contributed by atoms with E-state index in [0.717, 1.165) is 0 Å². The molecule has 1 N–H and O–H groups in total. The highest BCUT2D eigenvalue weighted by atomic mass is 16.7. The van der Waals surface area contributed by atoms with Crippen LogP contribution >= 0.6 is 0 Å². The van der Waals surface area contributed by atoms with E-state index in [1.165, 1.54) is 7.11 Å². The summed E-state index contributed by atoms with van der Waals surface area (Å²) in [6.45, 7) is 0.443. The molecule has 1 aliphatic heterocycles. The van der Waals surface area contributed by atoms with E-state index < -0.39 is 0 Å². The predicted octanol–water partition coefficient (Wildman–Crippen LogP) is 0.826. The number of ketones is 1. The Morgan fingerprint density at radius 1 is 1.44 bits per heavy atom. The first-order valence-corrected chi connectivity index (χ1v) is 4.91. The Morgan fingerprint density at radius 2 is 2.12 bits per heavy atom. The first-order valence-electron chi connectivity index (χ1n) is 4.91. The number of benzene rings is 1. The predicted molar refractivity (Wildman–Crippen MR) is 57.4 cm³/mol. The smallest absolute Gasteiger partial charge is 0.231 e. The summed E-state index contributed by atoms with van der Waals surface area (Å²) in [5.41, 5.74) is 0.501. The minimum atomic E-state index is -0.0438. The summed E-state index contributed by atoms with van der Waals surface area (Å²) in [6, 6.07) is 3.33. The molecule has 0 fully saturated rings. The minimum Gasteiger partial charge on any atom is -0.496 e. The van der Waals surface area contributed by atoms with E-state index in [-0.39, 0.29) is 19.1 Å². The number of likely N-dealkylation sites (N-methyl/N-ethyl adjacent to an activating group) is 1. The molecule has 0 aromatic heterocycles. The van der Waals surface area contributed by atoms with Crippen LogP contribution in [0.3, 0.4) is 0 Å². The first-order chi connectivity index (χ1) is 7.76. The van der Waals surface area contributed by atoms with Gasteiger partial charge >= 0.3 is 0 Å². The lowest BCUT2D eigenvalue weighted by Crippen LogP contribution is -2.19. The maximum atomic E-state index is 11.8. The molecular weight excluding hydrogens is 210 g/mol. The quantitative estimate of drug-likeness (QED) is 0.766. The second-order valence-electron chi connectivity index (χ2n) is 3.36. The van der Waals surface area contributed by atoms with Gasteiger partial charge in [-0.25, -0.2) is 0 Å². The lowest BCUT2D eigenvalue weighted by molar-refractivity contribution is 0.0990. The lowest BCUT2D eigenvalue weighted by Gasteiger charge is -2.08. The lowest BCUT2D eigenvalue weighted by atomic mass is 10.1. The summed E-state index contributed by atoms with van der Waals surface area (Å²) in [4.78, 5) is 11.8. The van der Waals surface area contributed by atoms with Gasteiger partial charge in [0.1, 0.15) is 5.75 Å². The van der Waals surface area contributed by atoms with Crippen molar-refractivity contribution in [2.75, 3.05) is 27.5 Å². The van der Waals surface area contributed by atoms with Crippen molar-refractivity contribution in [2.45, 2.75) is 0 Å². The average molecular weight is 223 g/mol. The van der Waals surface area contributed by atoms with Gasteiger partial charge in [-0.3, -0.25) is 4.79 Å². The van der Waals surface area contributed by atoms with Gasteiger partial charge in [0.05, 0.1) is 19.2 Å². The number of carbonyl (C=O) groups excluding carboxylic acids is 1. The highest BCUT2D eigenvalue weighted by molar-refractivity contribution is 6.00. The first kappa shape index (κ1) is 10.8. The van der Waals surface area contributed by atoms with Crippen LogP contribution in [0, 0.1) is 0 Å².